The second-order valence-corrected chi connectivity index (χ2v) is 2.32. The molecule has 0 amide bonds. The largest absolute Gasteiger partial charge is 0.381 e. The zero-order chi connectivity index (χ0) is 5.98. The third kappa shape index (κ3) is 3.04. The van der Waals surface area contributed by atoms with Crippen molar-refractivity contribution < 1.29 is 4.74 Å². The van der Waals surface area contributed by atoms with Crippen LogP contribution in [0.15, 0.2) is 0 Å². The molecule has 1 fully saturated rings. The highest BCUT2D eigenvalue weighted by molar-refractivity contribution is 5.85. The molecule has 0 spiro atoms. The van der Waals surface area contributed by atoms with Crippen molar-refractivity contribution in [3.05, 3.63) is 0 Å². The zero-order valence-corrected chi connectivity index (χ0v) is 6.49. The van der Waals surface area contributed by atoms with Gasteiger partial charge in [0.1, 0.15) is 0 Å². The van der Waals surface area contributed by atoms with E-state index >= 15 is 0 Å². The average Bonchev–Trinajstić information content (AvgIpc) is 2.42. The number of hydrogen-bond acceptors (Lipinski definition) is 2. The summed E-state index contributed by atoms with van der Waals surface area (Å²) in [6, 6.07) is 0.446. The smallest absolute Gasteiger partial charge is 0.0509 e. The summed E-state index contributed by atoms with van der Waals surface area (Å²) in [7, 11) is 0. The third-order valence-corrected chi connectivity index (χ3v) is 1.51. The molecule has 2 N–H and O–H groups in total. The molecule has 3 heteroatoms. The second kappa shape index (κ2) is 4.09. The highest BCUT2D eigenvalue weighted by Gasteiger charge is 2.32. The van der Waals surface area contributed by atoms with Crippen LogP contribution in [0, 0.1) is 5.92 Å². The van der Waals surface area contributed by atoms with Crippen LogP contribution in [0.1, 0.15) is 13.3 Å². The molecule has 2 nitrogen and oxygen atoms in total. The van der Waals surface area contributed by atoms with Gasteiger partial charge in [0.2, 0.25) is 0 Å². The van der Waals surface area contributed by atoms with Gasteiger partial charge < -0.3 is 10.5 Å². The molecular weight excluding hydrogens is 138 g/mol. The van der Waals surface area contributed by atoms with Crippen LogP contribution in [-0.4, -0.2) is 19.3 Å². The van der Waals surface area contributed by atoms with Gasteiger partial charge >= 0.3 is 0 Å². The van der Waals surface area contributed by atoms with Crippen LogP contribution in [-0.2, 0) is 4.74 Å². The Morgan fingerprint density at radius 2 is 2.22 bits per heavy atom. The molecule has 0 aromatic carbocycles. The van der Waals surface area contributed by atoms with Crippen molar-refractivity contribution in [2.45, 2.75) is 19.4 Å². The van der Waals surface area contributed by atoms with Crippen molar-refractivity contribution in [3.63, 3.8) is 0 Å². The molecule has 2 atom stereocenters. The van der Waals surface area contributed by atoms with Crippen LogP contribution in [0.5, 0.6) is 0 Å². The van der Waals surface area contributed by atoms with Crippen LogP contribution in [0.25, 0.3) is 0 Å². The monoisotopic (exact) mass is 151 g/mol. The van der Waals surface area contributed by atoms with Crippen molar-refractivity contribution in [2.75, 3.05) is 13.2 Å². The quantitative estimate of drug-likeness (QED) is 0.648. The average molecular weight is 152 g/mol. The number of nitrogens with two attached hydrogens (primary N) is 1. The van der Waals surface area contributed by atoms with E-state index in [0.717, 1.165) is 13.2 Å². The normalized spacial score (nSPS) is 31.3. The molecule has 1 aliphatic rings. The molecule has 0 saturated heterocycles. The lowest BCUT2D eigenvalue weighted by Gasteiger charge is -1.95. The molecular formula is C6H14ClNO. The lowest BCUT2D eigenvalue weighted by atomic mass is 10.4. The number of rotatable bonds is 3. The molecule has 1 saturated carbocycles. The number of halogens is 1. The van der Waals surface area contributed by atoms with Crippen LogP contribution in [0.3, 0.4) is 0 Å². The van der Waals surface area contributed by atoms with Crippen LogP contribution >= 0.6 is 12.4 Å². The highest BCUT2D eigenvalue weighted by Crippen LogP contribution is 2.27. The molecule has 0 heterocycles. The van der Waals surface area contributed by atoms with Crippen molar-refractivity contribution in [1.29, 1.82) is 0 Å². The molecule has 0 aromatic rings. The second-order valence-electron chi connectivity index (χ2n) is 2.32. The predicted molar refractivity (Wildman–Crippen MR) is 39.8 cm³/mol. The first kappa shape index (κ1) is 9.21. The predicted octanol–water partition coefficient (Wildman–Crippen LogP) is 0.792. The number of hydrogen-bond donors (Lipinski definition) is 1. The van der Waals surface area contributed by atoms with E-state index in [1.165, 1.54) is 6.42 Å². The molecule has 1 unspecified atom stereocenters. The molecule has 0 aromatic heterocycles. The van der Waals surface area contributed by atoms with Crippen molar-refractivity contribution in [3.8, 4) is 0 Å². The summed E-state index contributed by atoms with van der Waals surface area (Å²) in [5.41, 5.74) is 5.53. The van der Waals surface area contributed by atoms with Gasteiger partial charge in [0.15, 0.2) is 0 Å². The lowest BCUT2D eigenvalue weighted by Crippen LogP contribution is -2.06. The van der Waals surface area contributed by atoms with E-state index in [4.69, 9.17) is 10.5 Å². The Bertz CT molecular complexity index is 79.5. The first-order valence-corrected chi connectivity index (χ1v) is 3.18. The van der Waals surface area contributed by atoms with E-state index in [1.807, 2.05) is 6.92 Å². The summed E-state index contributed by atoms with van der Waals surface area (Å²) in [5.74, 6) is 0.676. The van der Waals surface area contributed by atoms with E-state index in [0.29, 0.717) is 12.0 Å². The Hall–Kier alpha value is 0.210. The van der Waals surface area contributed by atoms with Gasteiger partial charge in [-0.15, -0.1) is 12.4 Å². The fraction of sp³-hybridized carbons (Fsp3) is 1.00. The molecule has 1 rings (SSSR count). The molecule has 0 aliphatic heterocycles. The Balaban J connectivity index is 0.000000640. The zero-order valence-electron chi connectivity index (χ0n) is 5.67. The molecule has 0 radical (unpaired) electrons. The van der Waals surface area contributed by atoms with E-state index in [-0.39, 0.29) is 12.4 Å². The van der Waals surface area contributed by atoms with Gasteiger partial charge in [-0.1, -0.05) is 0 Å². The van der Waals surface area contributed by atoms with Gasteiger partial charge in [-0.3, -0.25) is 0 Å². The SMILES string of the molecule is CCOCC1C[C@H]1N.Cl. The van der Waals surface area contributed by atoms with E-state index in [9.17, 15) is 0 Å². The maximum absolute atomic E-state index is 5.53. The van der Waals surface area contributed by atoms with E-state index in [1.54, 1.807) is 0 Å². The maximum atomic E-state index is 5.53. The summed E-state index contributed by atoms with van der Waals surface area (Å²) < 4.78 is 5.15. The molecule has 1 aliphatic carbocycles. The molecule has 56 valence electrons. The highest BCUT2D eigenvalue weighted by atomic mass is 35.5. The Kier molecular flexibility index (Phi) is 4.19. The molecule has 9 heavy (non-hydrogen) atoms. The minimum Gasteiger partial charge on any atom is -0.381 e. The van der Waals surface area contributed by atoms with Crippen LogP contribution < -0.4 is 5.73 Å². The Morgan fingerprint density at radius 1 is 1.67 bits per heavy atom. The minimum atomic E-state index is 0. The van der Waals surface area contributed by atoms with Gasteiger partial charge in [-0.25, -0.2) is 0 Å². The van der Waals surface area contributed by atoms with Gasteiger partial charge in [0.25, 0.3) is 0 Å². The maximum Gasteiger partial charge on any atom is 0.0509 e. The summed E-state index contributed by atoms with van der Waals surface area (Å²) in [4.78, 5) is 0. The van der Waals surface area contributed by atoms with Gasteiger partial charge in [0, 0.05) is 12.6 Å². The van der Waals surface area contributed by atoms with Crippen molar-refractivity contribution in [2.24, 2.45) is 11.7 Å². The van der Waals surface area contributed by atoms with Gasteiger partial charge in [-0.05, 0) is 19.3 Å². The third-order valence-electron chi connectivity index (χ3n) is 1.51. The standard InChI is InChI=1S/C6H13NO.ClH/c1-2-8-4-5-3-6(5)7;/h5-6H,2-4,7H2,1H3;1H/t5?,6-;/m1./s1. The Morgan fingerprint density at radius 3 is 2.56 bits per heavy atom. The fourth-order valence-electron chi connectivity index (χ4n) is 0.732. The van der Waals surface area contributed by atoms with Gasteiger partial charge in [0.05, 0.1) is 6.61 Å². The minimum absolute atomic E-state index is 0. The summed E-state index contributed by atoms with van der Waals surface area (Å²) in [5, 5.41) is 0. The molecule has 0 bridgehead atoms. The number of ether oxygens (including phenoxy) is 1. The summed E-state index contributed by atoms with van der Waals surface area (Å²) >= 11 is 0. The fourth-order valence-corrected chi connectivity index (χ4v) is 0.732. The van der Waals surface area contributed by atoms with Gasteiger partial charge in [-0.2, -0.15) is 0 Å². The first-order chi connectivity index (χ1) is 3.84. The van der Waals surface area contributed by atoms with Crippen LogP contribution in [0.2, 0.25) is 0 Å². The van der Waals surface area contributed by atoms with Crippen LogP contribution in [0.4, 0.5) is 0 Å². The van der Waals surface area contributed by atoms with Crippen molar-refractivity contribution in [1.82, 2.24) is 0 Å². The Labute approximate surface area is 62.2 Å². The topological polar surface area (TPSA) is 35.2 Å². The van der Waals surface area contributed by atoms with E-state index in [2.05, 4.69) is 0 Å². The summed E-state index contributed by atoms with van der Waals surface area (Å²) in [6.45, 7) is 3.70. The summed E-state index contributed by atoms with van der Waals surface area (Å²) in [6.07, 6.45) is 1.17. The first-order valence-electron chi connectivity index (χ1n) is 3.18. The van der Waals surface area contributed by atoms with Crippen molar-refractivity contribution >= 4 is 12.4 Å². The van der Waals surface area contributed by atoms with E-state index < -0.39 is 0 Å². The lowest BCUT2D eigenvalue weighted by molar-refractivity contribution is 0.136.